The van der Waals surface area contributed by atoms with Gasteiger partial charge in [-0.2, -0.15) is 0 Å². The minimum atomic E-state index is -4.21. The molecule has 4 aromatic rings. The van der Waals surface area contributed by atoms with E-state index in [0.717, 1.165) is 25.5 Å². The van der Waals surface area contributed by atoms with Gasteiger partial charge in [0.15, 0.2) is 0 Å². The van der Waals surface area contributed by atoms with Crippen molar-refractivity contribution in [2.24, 2.45) is 0 Å². The molecule has 0 aliphatic carbocycles. The molecule has 4 rings (SSSR count). The summed E-state index contributed by atoms with van der Waals surface area (Å²) in [7, 11) is -4.21. The average molecular weight is 721 g/mol. The standard InChI is InChI=1S/C37H42BrN3O5S/c1-5-28(4)39-37(43)35(24-29-10-8-7-9-11-29)40(25-30-14-16-31(38)17-15-30)36(42)26-41(32-18-12-27(3)13-19-32)47(44,45)34-22-20-33(21-23-34)46-6-2/h7-23,28,35H,5-6,24-26H2,1-4H3,(H,39,43)/t28-,35-/m0/s1. The number of halogens is 1. The normalized spacial score (nSPS) is 12.5. The second-order valence-corrected chi connectivity index (χ2v) is 14.2. The average Bonchev–Trinajstić information content (AvgIpc) is 3.07. The maximum absolute atomic E-state index is 14.6. The van der Waals surface area contributed by atoms with E-state index in [9.17, 15) is 18.0 Å². The van der Waals surface area contributed by atoms with E-state index in [1.807, 2.05) is 82.3 Å². The lowest BCUT2D eigenvalue weighted by atomic mass is 10.0. The Labute approximate surface area is 286 Å². The van der Waals surface area contributed by atoms with Gasteiger partial charge in [0.25, 0.3) is 10.0 Å². The summed E-state index contributed by atoms with van der Waals surface area (Å²) in [6.45, 7) is 7.68. The Kier molecular flexibility index (Phi) is 12.6. The summed E-state index contributed by atoms with van der Waals surface area (Å²) >= 11 is 3.47. The van der Waals surface area contributed by atoms with E-state index in [1.165, 1.54) is 17.0 Å². The maximum atomic E-state index is 14.6. The number of aryl methyl sites for hydroxylation is 1. The molecule has 47 heavy (non-hydrogen) atoms. The van der Waals surface area contributed by atoms with Crippen molar-refractivity contribution in [2.45, 2.75) is 64.1 Å². The highest BCUT2D eigenvalue weighted by atomic mass is 79.9. The van der Waals surface area contributed by atoms with Crippen molar-refractivity contribution < 1.29 is 22.7 Å². The van der Waals surface area contributed by atoms with Gasteiger partial charge in [-0.1, -0.05) is 83.0 Å². The minimum Gasteiger partial charge on any atom is -0.494 e. The van der Waals surface area contributed by atoms with Gasteiger partial charge in [0, 0.05) is 23.5 Å². The molecule has 0 saturated heterocycles. The third-order valence-corrected chi connectivity index (χ3v) is 10.2. The molecule has 0 spiro atoms. The van der Waals surface area contributed by atoms with Gasteiger partial charge in [-0.15, -0.1) is 0 Å². The lowest BCUT2D eigenvalue weighted by Gasteiger charge is -2.34. The van der Waals surface area contributed by atoms with Crippen molar-refractivity contribution in [2.75, 3.05) is 17.5 Å². The summed E-state index contributed by atoms with van der Waals surface area (Å²) in [6.07, 6.45) is 0.966. The largest absolute Gasteiger partial charge is 0.494 e. The zero-order valence-corrected chi connectivity index (χ0v) is 29.6. The van der Waals surface area contributed by atoms with Gasteiger partial charge < -0.3 is 15.0 Å². The van der Waals surface area contributed by atoms with Gasteiger partial charge in [0.1, 0.15) is 18.3 Å². The fourth-order valence-electron chi connectivity index (χ4n) is 5.02. The molecule has 0 bridgehead atoms. The van der Waals surface area contributed by atoms with Crippen LogP contribution in [-0.4, -0.2) is 50.4 Å². The molecule has 2 amide bonds. The quantitative estimate of drug-likeness (QED) is 0.144. The number of nitrogens with zero attached hydrogens (tertiary/aromatic N) is 2. The van der Waals surface area contributed by atoms with E-state index in [-0.39, 0.29) is 29.8 Å². The zero-order chi connectivity index (χ0) is 34.0. The fraction of sp³-hybridized carbons (Fsp3) is 0.297. The highest BCUT2D eigenvalue weighted by molar-refractivity contribution is 9.10. The van der Waals surface area contributed by atoms with Gasteiger partial charge >= 0.3 is 0 Å². The number of rotatable bonds is 15. The Bertz CT molecular complexity index is 1720. The van der Waals surface area contributed by atoms with Gasteiger partial charge in [0.2, 0.25) is 11.8 Å². The number of sulfonamides is 1. The first-order valence-electron chi connectivity index (χ1n) is 15.7. The Morgan fingerprint density at radius 3 is 2.09 bits per heavy atom. The predicted molar refractivity (Wildman–Crippen MR) is 190 cm³/mol. The number of hydrogen-bond acceptors (Lipinski definition) is 5. The van der Waals surface area contributed by atoms with E-state index in [0.29, 0.717) is 24.5 Å². The lowest BCUT2D eigenvalue weighted by Crippen LogP contribution is -2.54. The van der Waals surface area contributed by atoms with Crippen LogP contribution in [0, 0.1) is 6.92 Å². The van der Waals surface area contributed by atoms with Crippen LogP contribution in [0.2, 0.25) is 0 Å². The number of benzene rings is 4. The molecule has 0 aliphatic heterocycles. The van der Waals surface area contributed by atoms with Gasteiger partial charge in [-0.25, -0.2) is 8.42 Å². The maximum Gasteiger partial charge on any atom is 0.264 e. The van der Waals surface area contributed by atoms with Crippen LogP contribution in [0.25, 0.3) is 0 Å². The van der Waals surface area contributed by atoms with E-state index >= 15 is 0 Å². The summed E-state index contributed by atoms with van der Waals surface area (Å²) < 4.78 is 36.0. The molecule has 0 unspecified atom stereocenters. The molecule has 0 radical (unpaired) electrons. The number of nitrogens with one attached hydrogen (secondary N) is 1. The second kappa shape index (κ2) is 16.6. The lowest BCUT2D eigenvalue weighted by molar-refractivity contribution is -0.140. The number of hydrogen-bond donors (Lipinski definition) is 1. The number of carbonyl (C=O) groups excluding carboxylic acids is 2. The molecule has 0 aliphatic rings. The van der Waals surface area contributed by atoms with Crippen LogP contribution in [-0.2, 0) is 32.6 Å². The topological polar surface area (TPSA) is 96.0 Å². The molecule has 4 aromatic carbocycles. The Morgan fingerprint density at radius 1 is 0.851 bits per heavy atom. The number of anilines is 1. The van der Waals surface area contributed by atoms with Crippen molar-refractivity contribution in [1.29, 1.82) is 0 Å². The van der Waals surface area contributed by atoms with E-state index in [2.05, 4.69) is 21.2 Å². The first kappa shape index (κ1) is 35.7. The van der Waals surface area contributed by atoms with Crippen molar-refractivity contribution in [3.63, 3.8) is 0 Å². The molecule has 0 heterocycles. The van der Waals surface area contributed by atoms with Crippen LogP contribution >= 0.6 is 15.9 Å². The highest BCUT2D eigenvalue weighted by Crippen LogP contribution is 2.27. The van der Waals surface area contributed by atoms with Crippen LogP contribution < -0.4 is 14.4 Å². The first-order chi connectivity index (χ1) is 22.5. The molecule has 0 aromatic heterocycles. The summed E-state index contributed by atoms with van der Waals surface area (Å²) in [5.74, 6) is -0.269. The molecule has 0 fully saturated rings. The SMILES string of the molecule is CCOc1ccc(S(=O)(=O)N(CC(=O)N(Cc2ccc(Br)cc2)[C@@H](Cc2ccccc2)C(=O)N[C@@H](C)CC)c2ccc(C)cc2)cc1. The van der Waals surface area contributed by atoms with Crippen molar-refractivity contribution in [3.8, 4) is 5.75 Å². The van der Waals surface area contributed by atoms with Crippen molar-refractivity contribution in [1.82, 2.24) is 10.2 Å². The van der Waals surface area contributed by atoms with Gasteiger partial charge in [0.05, 0.1) is 17.2 Å². The van der Waals surface area contributed by atoms with Crippen molar-refractivity contribution >= 4 is 43.5 Å². The number of carbonyl (C=O) groups is 2. The molecule has 248 valence electrons. The Balaban J connectivity index is 1.79. The van der Waals surface area contributed by atoms with E-state index < -0.39 is 28.5 Å². The molecular weight excluding hydrogens is 678 g/mol. The second-order valence-electron chi connectivity index (χ2n) is 11.4. The molecule has 8 nitrogen and oxygen atoms in total. The van der Waals surface area contributed by atoms with Crippen LogP contribution in [0.15, 0.2) is 112 Å². The summed E-state index contributed by atoms with van der Waals surface area (Å²) in [5.41, 5.74) is 2.96. The monoisotopic (exact) mass is 719 g/mol. The molecule has 10 heteroatoms. The van der Waals surface area contributed by atoms with Crippen LogP contribution in [0.1, 0.15) is 43.9 Å². The zero-order valence-electron chi connectivity index (χ0n) is 27.2. The fourth-order valence-corrected chi connectivity index (χ4v) is 6.70. The van der Waals surface area contributed by atoms with E-state index in [1.54, 1.807) is 36.4 Å². The van der Waals surface area contributed by atoms with Crippen LogP contribution in [0.5, 0.6) is 5.75 Å². The summed E-state index contributed by atoms with van der Waals surface area (Å²) in [5, 5.41) is 3.06. The van der Waals surface area contributed by atoms with Crippen molar-refractivity contribution in [3.05, 3.63) is 124 Å². The first-order valence-corrected chi connectivity index (χ1v) is 18.0. The smallest absolute Gasteiger partial charge is 0.264 e. The van der Waals surface area contributed by atoms with Gasteiger partial charge in [-0.05, 0) is 86.8 Å². The molecule has 2 atom stereocenters. The minimum absolute atomic E-state index is 0.0177. The number of amides is 2. The van der Waals surface area contributed by atoms with Gasteiger partial charge in [-0.3, -0.25) is 13.9 Å². The third kappa shape index (κ3) is 9.68. The Morgan fingerprint density at radius 2 is 1.49 bits per heavy atom. The third-order valence-electron chi connectivity index (χ3n) is 7.86. The number of ether oxygens (including phenoxy) is 1. The molecule has 1 N–H and O–H groups in total. The highest BCUT2D eigenvalue weighted by Gasteiger charge is 2.35. The summed E-state index contributed by atoms with van der Waals surface area (Å²) in [4.78, 5) is 30.1. The molecule has 0 saturated carbocycles. The summed E-state index contributed by atoms with van der Waals surface area (Å²) in [6, 6.07) is 29.1. The predicted octanol–water partition coefficient (Wildman–Crippen LogP) is 6.91. The van der Waals surface area contributed by atoms with E-state index in [4.69, 9.17) is 4.74 Å². The van der Waals surface area contributed by atoms with Crippen LogP contribution in [0.3, 0.4) is 0 Å². The Hall–Kier alpha value is -4.15. The molecular formula is C37H42BrN3O5S. The van der Waals surface area contributed by atoms with Crippen LogP contribution in [0.4, 0.5) is 5.69 Å².